The summed E-state index contributed by atoms with van der Waals surface area (Å²) < 4.78 is 8.32. The lowest BCUT2D eigenvalue weighted by molar-refractivity contribution is 0.290. The maximum absolute atomic E-state index is 12.0. The third-order valence-electron chi connectivity index (χ3n) is 4.93. The van der Waals surface area contributed by atoms with Gasteiger partial charge in [-0.2, -0.15) is 0 Å². The minimum atomic E-state index is -0.195. The van der Waals surface area contributed by atoms with Crippen molar-refractivity contribution in [2.45, 2.75) is 32.2 Å². The predicted molar refractivity (Wildman–Crippen MR) is 82.1 cm³/mol. The van der Waals surface area contributed by atoms with Crippen molar-refractivity contribution in [2.24, 2.45) is 17.8 Å². The molecule has 19 heavy (non-hydrogen) atoms. The van der Waals surface area contributed by atoms with E-state index in [9.17, 15) is 4.79 Å². The molecule has 2 aliphatic rings. The molecule has 100 valence electrons. The molecule has 0 N–H and O–H groups in total. The molecule has 0 aliphatic heterocycles. The molecule has 3 nitrogen and oxygen atoms in total. The number of aromatic nitrogens is 1. The standard InChI is InChI=1S/C15H16INO2/c16-12-3-4-13-14(7-12)19-15(18)17(13)8-11-6-9-1-2-10(11)5-9/h3-4,7,9-11H,1-2,5-6,8H2. The molecule has 1 heterocycles. The minimum Gasteiger partial charge on any atom is -0.408 e. The van der Waals surface area contributed by atoms with Crippen LogP contribution in [-0.2, 0) is 6.54 Å². The monoisotopic (exact) mass is 369 g/mol. The quantitative estimate of drug-likeness (QED) is 0.758. The zero-order valence-electron chi connectivity index (χ0n) is 10.6. The van der Waals surface area contributed by atoms with E-state index in [4.69, 9.17) is 4.42 Å². The first-order valence-electron chi connectivity index (χ1n) is 6.99. The molecule has 0 spiro atoms. The van der Waals surface area contributed by atoms with E-state index < -0.39 is 0 Å². The van der Waals surface area contributed by atoms with Crippen molar-refractivity contribution in [2.75, 3.05) is 0 Å². The van der Waals surface area contributed by atoms with E-state index in [1.165, 1.54) is 25.7 Å². The van der Waals surface area contributed by atoms with Crippen LogP contribution in [-0.4, -0.2) is 4.57 Å². The van der Waals surface area contributed by atoms with E-state index in [0.29, 0.717) is 5.92 Å². The van der Waals surface area contributed by atoms with Gasteiger partial charge in [0.25, 0.3) is 0 Å². The number of hydrogen-bond acceptors (Lipinski definition) is 2. The topological polar surface area (TPSA) is 35.1 Å². The smallest absolute Gasteiger partial charge is 0.408 e. The van der Waals surface area contributed by atoms with Gasteiger partial charge in [0.1, 0.15) is 0 Å². The molecule has 4 heteroatoms. The SMILES string of the molecule is O=c1oc2cc(I)ccc2n1CC1CC2CCC1C2. The lowest BCUT2D eigenvalue weighted by atomic mass is 9.89. The molecule has 2 fully saturated rings. The molecular formula is C15H16INO2. The van der Waals surface area contributed by atoms with Gasteiger partial charge in [0.05, 0.1) is 5.52 Å². The summed E-state index contributed by atoms with van der Waals surface area (Å²) in [5.41, 5.74) is 1.67. The van der Waals surface area contributed by atoms with Gasteiger partial charge in [0.15, 0.2) is 5.58 Å². The third-order valence-corrected chi connectivity index (χ3v) is 5.60. The van der Waals surface area contributed by atoms with Crippen LogP contribution < -0.4 is 5.76 Å². The second-order valence-corrected chi connectivity index (χ2v) is 7.27. The summed E-state index contributed by atoms with van der Waals surface area (Å²) in [5, 5.41) is 0. The van der Waals surface area contributed by atoms with Gasteiger partial charge >= 0.3 is 5.76 Å². The highest BCUT2D eigenvalue weighted by atomic mass is 127. The van der Waals surface area contributed by atoms with E-state index in [2.05, 4.69) is 22.6 Å². The highest BCUT2D eigenvalue weighted by Crippen LogP contribution is 2.48. The van der Waals surface area contributed by atoms with Crippen molar-refractivity contribution < 1.29 is 4.42 Å². The van der Waals surface area contributed by atoms with Crippen LogP contribution in [0.2, 0.25) is 0 Å². The summed E-state index contributed by atoms with van der Waals surface area (Å²) in [6.45, 7) is 0.841. The Bertz CT molecular complexity index is 687. The Morgan fingerprint density at radius 1 is 1.32 bits per heavy atom. The van der Waals surface area contributed by atoms with Gasteiger partial charge in [0, 0.05) is 10.1 Å². The van der Waals surface area contributed by atoms with Crippen molar-refractivity contribution in [1.82, 2.24) is 4.57 Å². The number of benzene rings is 1. The fraction of sp³-hybridized carbons (Fsp3) is 0.533. The van der Waals surface area contributed by atoms with Crippen LogP contribution in [0.5, 0.6) is 0 Å². The first-order chi connectivity index (χ1) is 9.20. The van der Waals surface area contributed by atoms with E-state index in [-0.39, 0.29) is 5.76 Å². The van der Waals surface area contributed by atoms with Crippen LogP contribution in [0.1, 0.15) is 25.7 Å². The van der Waals surface area contributed by atoms with E-state index in [1.807, 2.05) is 22.8 Å². The second kappa shape index (κ2) is 4.36. The summed E-state index contributed by atoms with van der Waals surface area (Å²) >= 11 is 2.24. The van der Waals surface area contributed by atoms with Crippen LogP contribution in [0.25, 0.3) is 11.1 Å². The molecule has 3 unspecified atom stereocenters. The average Bonchev–Trinajstić information content (AvgIpc) is 3.05. The zero-order chi connectivity index (χ0) is 13.0. The highest BCUT2D eigenvalue weighted by molar-refractivity contribution is 14.1. The summed E-state index contributed by atoms with van der Waals surface area (Å²) in [4.78, 5) is 12.0. The predicted octanol–water partition coefficient (Wildman–Crippen LogP) is 3.64. The van der Waals surface area contributed by atoms with Crippen molar-refractivity contribution in [3.63, 3.8) is 0 Å². The van der Waals surface area contributed by atoms with Crippen molar-refractivity contribution in [3.8, 4) is 0 Å². The van der Waals surface area contributed by atoms with Crippen molar-refractivity contribution in [1.29, 1.82) is 0 Å². The number of hydrogen-bond donors (Lipinski definition) is 0. The number of halogens is 1. The Morgan fingerprint density at radius 2 is 2.21 bits per heavy atom. The summed E-state index contributed by atoms with van der Waals surface area (Å²) in [6.07, 6.45) is 5.44. The van der Waals surface area contributed by atoms with Gasteiger partial charge in [-0.1, -0.05) is 6.42 Å². The van der Waals surface area contributed by atoms with Crippen molar-refractivity contribution >= 4 is 33.7 Å². The van der Waals surface area contributed by atoms with Gasteiger partial charge in [-0.15, -0.1) is 0 Å². The van der Waals surface area contributed by atoms with Gasteiger partial charge < -0.3 is 4.42 Å². The molecule has 0 amide bonds. The van der Waals surface area contributed by atoms with Crippen LogP contribution >= 0.6 is 22.6 Å². The first kappa shape index (κ1) is 12.0. The number of oxazole rings is 1. The highest BCUT2D eigenvalue weighted by Gasteiger charge is 2.39. The number of nitrogens with zero attached hydrogens (tertiary/aromatic N) is 1. The van der Waals surface area contributed by atoms with E-state index in [1.54, 1.807) is 0 Å². The largest absolute Gasteiger partial charge is 0.419 e. The molecule has 0 radical (unpaired) electrons. The molecule has 1 aromatic heterocycles. The van der Waals surface area contributed by atoms with Gasteiger partial charge in [-0.3, -0.25) is 4.57 Å². The zero-order valence-corrected chi connectivity index (χ0v) is 12.8. The lowest BCUT2D eigenvalue weighted by Crippen LogP contribution is -2.23. The Kier molecular flexibility index (Phi) is 2.76. The maximum Gasteiger partial charge on any atom is 0.419 e. The average molecular weight is 369 g/mol. The Hall–Kier alpha value is -0.780. The molecule has 2 saturated carbocycles. The van der Waals surface area contributed by atoms with Crippen molar-refractivity contribution in [3.05, 3.63) is 32.3 Å². The number of fused-ring (bicyclic) bond motifs is 3. The second-order valence-electron chi connectivity index (χ2n) is 6.03. The van der Waals surface area contributed by atoms with Crippen LogP contribution in [0.4, 0.5) is 0 Å². The summed E-state index contributed by atoms with van der Waals surface area (Å²) in [7, 11) is 0. The van der Waals surface area contributed by atoms with Crippen LogP contribution in [0.15, 0.2) is 27.4 Å². The van der Waals surface area contributed by atoms with E-state index >= 15 is 0 Å². The number of rotatable bonds is 2. The molecule has 3 atom stereocenters. The fourth-order valence-corrected chi connectivity index (χ4v) is 4.51. The Labute approximate surface area is 125 Å². The first-order valence-corrected chi connectivity index (χ1v) is 8.07. The van der Waals surface area contributed by atoms with E-state index in [0.717, 1.165) is 33.1 Å². The molecule has 2 aromatic rings. The molecular weight excluding hydrogens is 353 g/mol. The van der Waals surface area contributed by atoms with Gasteiger partial charge in [0.2, 0.25) is 0 Å². The van der Waals surface area contributed by atoms with Crippen LogP contribution in [0.3, 0.4) is 0 Å². The third kappa shape index (κ3) is 1.95. The minimum absolute atomic E-state index is 0.195. The summed E-state index contributed by atoms with van der Waals surface area (Å²) in [5.74, 6) is 2.24. The molecule has 2 bridgehead atoms. The van der Waals surface area contributed by atoms with Gasteiger partial charge in [-0.25, -0.2) is 4.79 Å². The molecule has 4 rings (SSSR count). The Balaban J connectivity index is 1.71. The van der Waals surface area contributed by atoms with Gasteiger partial charge in [-0.05, 0) is 77.8 Å². The summed E-state index contributed by atoms with van der Waals surface area (Å²) in [6, 6.07) is 5.99. The maximum atomic E-state index is 12.0. The molecule has 0 saturated heterocycles. The normalized spacial score (nSPS) is 29.4. The molecule has 2 aliphatic carbocycles. The Morgan fingerprint density at radius 3 is 2.95 bits per heavy atom. The fourth-order valence-electron chi connectivity index (χ4n) is 4.05. The van der Waals surface area contributed by atoms with Crippen LogP contribution in [0, 0.1) is 21.3 Å². The lowest BCUT2D eigenvalue weighted by Gasteiger charge is -2.21. The molecule has 1 aromatic carbocycles.